The SMILES string of the molecule is CCn1ncc(C2C3=C(CCCC3=O)Nc3nc(SC)nn32)c1C. The Morgan fingerprint density at radius 3 is 2.96 bits per heavy atom. The molecule has 1 N–H and O–H groups in total. The molecular weight excluding hydrogens is 324 g/mol. The van der Waals surface area contributed by atoms with E-state index in [-0.39, 0.29) is 11.8 Å². The van der Waals surface area contributed by atoms with Crippen LogP contribution in [0.1, 0.15) is 43.5 Å². The number of ketones is 1. The van der Waals surface area contributed by atoms with Gasteiger partial charge in [-0.3, -0.25) is 9.48 Å². The van der Waals surface area contributed by atoms with Crippen LogP contribution in [0.5, 0.6) is 0 Å². The summed E-state index contributed by atoms with van der Waals surface area (Å²) < 4.78 is 3.80. The predicted molar refractivity (Wildman–Crippen MR) is 92.1 cm³/mol. The number of Topliss-reactive ketones (excluding diaryl/α,β-unsaturated/α-hetero) is 1. The van der Waals surface area contributed by atoms with Crippen LogP contribution in [0.4, 0.5) is 5.95 Å². The van der Waals surface area contributed by atoms with Crippen molar-refractivity contribution in [1.82, 2.24) is 24.5 Å². The Hall–Kier alpha value is -2.09. The third kappa shape index (κ3) is 2.20. The molecule has 24 heavy (non-hydrogen) atoms. The van der Waals surface area contributed by atoms with Gasteiger partial charge < -0.3 is 5.32 Å². The Labute approximate surface area is 144 Å². The van der Waals surface area contributed by atoms with E-state index in [2.05, 4.69) is 27.4 Å². The molecule has 0 bridgehead atoms. The minimum atomic E-state index is -0.238. The number of fused-ring (bicyclic) bond motifs is 1. The maximum atomic E-state index is 12.7. The number of aryl methyl sites for hydroxylation is 1. The fourth-order valence-corrected chi connectivity index (χ4v) is 3.91. The molecule has 2 aliphatic rings. The predicted octanol–water partition coefficient (Wildman–Crippen LogP) is 2.55. The number of hydrogen-bond acceptors (Lipinski definition) is 6. The van der Waals surface area contributed by atoms with Gasteiger partial charge >= 0.3 is 0 Å². The number of aromatic nitrogens is 5. The first-order chi connectivity index (χ1) is 11.6. The molecule has 0 aromatic carbocycles. The van der Waals surface area contributed by atoms with Crippen LogP contribution in [0.2, 0.25) is 0 Å². The van der Waals surface area contributed by atoms with Crippen LogP contribution >= 0.6 is 11.8 Å². The number of rotatable bonds is 3. The summed E-state index contributed by atoms with van der Waals surface area (Å²) in [4.78, 5) is 17.2. The van der Waals surface area contributed by atoms with E-state index in [9.17, 15) is 4.79 Å². The molecule has 8 heteroatoms. The molecule has 0 radical (unpaired) electrons. The number of carbonyl (C=O) groups excluding carboxylic acids is 1. The largest absolute Gasteiger partial charge is 0.328 e. The molecular formula is C16H20N6OS. The van der Waals surface area contributed by atoms with Gasteiger partial charge in [-0.05, 0) is 32.9 Å². The molecule has 0 fully saturated rings. The molecule has 0 saturated heterocycles. The first-order valence-electron chi connectivity index (χ1n) is 8.20. The van der Waals surface area contributed by atoms with Crippen LogP contribution in [0.15, 0.2) is 22.6 Å². The highest BCUT2D eigenvalue weighted by molar-refractivity contribution is 7.98. The van der Waals surface area contributed by atoms with Crippen molar-refractivity contribution in [2.24, 2.45) is 0 Å². The summed E-state index contributed by atoms with van der Waals surface area (Å²) in [5.41, 5.74) is 3.92. The molecule has 3 heterocycles. The lowest BCUT2D eigenvalue weighted by Gasteiger charge is -2.31. The molecule has 126 valence electrons. The number of thioether (sulfide) groups is 1. The molecule has 1 aliphatic heterocycles. The van der Waals surface area contributed by atoms with Crippen molar-refractivity contribution in [3.63, 3.8) is 0 Å². The second kappa shape index (κ2) is 5.77. The summed E-state index contributed by atoms with van der Waals surface area (Å²) in [6.07, 6.45) is 6.17. The number of carbonyl (C=O) groups is 1. The van der Waals surface area contributed by atoms with Crippen LogP contribution in [-0.2, 0) is 11.3 Å². The average Bonchev–Trinajstić information content (AvgIpc) is 3.16. The minimum absolute atomic E-state index is 0.198. The van der Waals surface area contributed by atoms with Gasteiger partial charge in [-0.2, -0.15) is 10.1 Å². The molecule has 1 atom stereocenters. The highest BCUT2D eigenvalue weighted by Crippen LogP contribution is 2.41. The summed E-state index contributed by atoms with van der Waals surface area (Å²) >= 11 is 1.50. The molecule has 0 amide bonds. The van der Waals surface area contributed by atoms with Crippen LogP contribution in [0.3, 0.4) is 0 Å². The number of anilines is 1. The Kier molecular flexibility index (Phi) is 3.71. The van der Waals surface area contributed by atoms with E-state index < -0.39 is 0 Å². The molecule has 0 saturated carbocycles. The normalized spacial score (nSPS) is 20.0. The molecule has 4 rings (SSSR count). The molecule has 0 spiro atoms. The Balaban J connectivity index is 1.92. The lowest BCUT2D eigenvalue weighted by Crippen LogP contribution is -2.31. The average molecular weight is 344 g/mol. The number of nitrogens with zero attached hydrogens (tertiary/aromatic N) is 5. The Morgan fingerprint density at radius 2 is 2.25 bits per heavy atom. The van der Waals surface area contributed by atoms with Gasteiger partial charge in [0.1, 0.15) is 6.04 Å². The number of hydrogen-bond donors (Lipinski definition) is 1. The van der Waals surface area contributed by atoms with Crippen molar-refractivity contribution in [1.29, 1.82) is 0 Å². The minimum Gasteiger partial charge on any atom is -0.328 e. The van der Waals surface area contributed by atoms with E-state index in [1.54, 1.807) is 0 Å². The van der Waals surface area contributed by atoms with E-state index >= 15 is 0 Å². The van der Waals surface area contributed by atoms with Crippen molar-refractivity contribution >= 4 is 23.5 Å². The zero-order chi connectivity index (χ0) is 16.8. The van der Waals surface area contributed by atoms with Crippen molar-refractivity contribution in [2.45, 2.75) is 50.9 Å². The molecule has 1 unspecified atom stereocenters. The van der Waals surface area contributed by atoms with Crippen LogP contribution in [0, 0.1) is 6.92 Å². The summed E-state index contributed by atoms with van der Waals surface area (Å²) in [6.45, 7) is 4.92. The zero-order valence-corrected chi connectivity index (χ0v) is 14.9. The number of allylic oxidation sites excluding steroid dienone is 2. The first kappa shape index (κ1) is 15.4. The summed E-state index contributed by atoms with van der Waals surface area (Å²) in [5, 5.41) is 13.1. The summed E-state index contributed by atoms with van der Waals surface area (Å²) in [6, 6.07) is -0.238. The quantitative estimate of drug-likeness (QED) is 0.862. The van der Waals surface area contributed by atoms with Gasteiger partial charge in [0.05, 0.1) is 6.20 Å². The van der Waals surface area contributed by atoms with Gasteiger partial charge in [-0.15, -0.1) is 5.10 Å². The lowest BCUT2D eigenvalue weighted by molar-refractivity contribution is -0.116. The molecule has 7 nitrogen and oxygen atoms in total. The summed E-state index contributed by atoms with van der Waals surface area (Å²) in [7, 11) is 0. The van der Waals surface area contributed by atoms with Crippen molar-refractivity contribution in [3.05, 3.63) is 28.7 Å². The molecule has 1 aliphatic carbocycles. The van der Waals surface area contributed by atoms with Gasteiger partial charge in [-0.25, -0.2) is 4.68 Å². The van der Waals surface area contributed by atoms with Crippen molar-refractivity contribution in [2.75, 3.05) is 11.6 Å². The maximum Gasteiger partial charge on any atom is 0.227 e. The lowest BCUT2D eigenvalue weighted by atomic mass is 9.86. The van der Waals surface area contributed by atoms with E-state index in [4.69, 9.17) is 0 Å². The Bertz CT molecular complexity index is 849. The second-order valence-corrected chi connectivity index (χ2v) is 6.84. The van der Waals surface area contributed by atoms with Gasteiger partial charge in [0.2, 0.25) is 11.1 Å². The standard InChI is InChI=1S/C16H20N6OS/c1-4-21-9(2)10(8-17-21)14-13-11(6-5-7-12(13)23)18-15-19-16(24-3)20-22(14)15/h8,14H,4-7H2,1-3H3,(H,18,19,20). The third-order valence-electron chi connectivity index (χ3n) is 4.77. The maximum absolute atomic E-state index is 12.7. The highest BCUT2D eigenvalue weighted by atomic mass is 32.2. The van der Waals surface area contributed by atoms with Gasteiger partial charge in [0.15, 0.2) is 5.78 Å². The van der Waals surface area contributed by atoms with E-state index in [0.29, 0.717) is 17.5 Å². The number of nitrogens with one attached hydrogen (secondary N) is 1. The zero-order valence-electron chi connectivity index (χ0n) is 14.0. The van der Waals surface area contributed by atoms with Gasteiger partial charge in [0, 0.05) is 35.5 Å². The van der Waals surface area contributed by atoms with E-state index in [0.717, 1.165) is 41.9 Å². The van der Waals surface area contributed by atoms with Gasteiger partial charge in [-0.1, -0.05) is 11.8 Å². The molecule has 2 aromatic rings. The van der Waals surface area contributed by atoms with E-state index in [1.807, 2.05) is 28.7 Å². The van der Waals surface area contributed by atoms with Crippen molar-refractivity contribution in [3.8, 4) is 0 Å². The van der Waals surface area contributed by atoms with E-state index in [1.165, 1.54) is 11.8 Å². The molecule has 2 aromatic heterocycles. The van der Waals surface area contributed by atoms with Crippen molar-refractivity contribution < 1.29 is 4.79 Å². The smallest absolute Gasteiger partial charge is 0.227 e. The fraction of sp³-hybridized carbons (Fsp3) is 0.500. The Morgan fingerprint density at radius 1 is 1.42 bits per heavy atom. The fourth-order valence-electron chi connectivity index (χ4n) is 3.56. The monoisotopic (exact) mass is 344 g/mol. The second-order valence-electron chi connectivity index (χ2n) is 6.06. The first-order valence-corrected chi connectivity index (χ1v) is 9.42. The van der Waals surface area contributed by atoms with Crippen LogP contribution in [0.25, 0.3) is 0 Å². The third-order valence-corrected chi connectivity index (χ3v) is 5.30. The summed E-state index contributed by atoms with van der Waals surface area (Å²) in [5.74, 6) is 0.908. The van der Waals surface area contributed by atoms with Crippen LogP contribution in [-0.4, -0.2) is 36.6 Å². The highest BCUT2D eigenvalue weighted by Gasteiger charge is 2.38. The topological polar surface area (TPSA) is 77.6 Å². The van der Waals surface area contributed by atoms with Gasteiger partial charge in [0.25, 0.3) is 0 Å². The van der Waals surface area contributed by atoms with Crippen LogP contribution < -0.4 is 5.32 Å².